The monoisotopic (exact) mass is 302 g/mol. The quantitative estimate of drug-likeness (QED) is 0.599. The van der Waals surface area contributed by atoms with Gasteiger partial charge in [0.1, 0.15) is 11.0 Å². The van der Waals surface area contributed by atoms with E-state index in [1.165, 1.54) is 12.0 Å². The Bertz CT molecular complexity index is 540. The van der Waals surface area contributed by atoms with Crippen molar-refractivity contribution in [1.82, 2.24) is 9.88 Å². The number of morpholine rings is 1. The predicted octanol–water partition coefficient (Wildman–Crippen LogP) is 0.888. The first-order valence-electron chi connectivity index (χ1n) is 5.82. The molecule has 6 nitrogen and oxygen atoms in total. The van der Waals surface area contributed by atoms with Crippen molar-refractivity contribution in [3.63, 3.8) is 0 Å². The Morgan fingerprint density at radius 1 is 1.60 bits per heavy atom. The zero-order valence-electron chi connectivity index (χ0n) is 10.6. The molecule has 1 aliphatic heterocycles. The maximum absolute atomic E-state index is 13.2. The van der Waals surface area contributed by atoms with Crippen LogP contribution in [0.25, 0.3) is 0 Å². The normalized spacial score (nSPS) is 18.8. The third-order valence-corrected chi connectivity index (χ3v) is 3.20. The van der Waals surface area contributed by atoms with Gasteiger partial charge >= 0.3 is 5.97 Å². The number of pyridine rings is 1. The molecule has 2 rings (SSSR count). The second-order valence-corrected chi connectivity index (χ2v) is 4.46. The summed E-state index contributed by atoms with van der Waals surface area (Å²) >= 11 is 5.80. The van der Waals surface area contributed by atoms with Gasteiger partial charge in [0.15, 0.2) is 6.04 Å². The molecular weight excluding hydrogens is 291 g/mol. The molecule has 20 heavy (non-hydrogen) atoms. The lowest BCUT2D eigenvalue weighted by Gasteiger charge is -2.33. The highest BCUT2D eigenvalue weighted by Crippen LogP contribution is 2.19. The van der Waals surface area contributed by atoms with Crippen molar-refractivity contribution in [3.8, 4) is 0 Å². The molecule has 1 aromatic rings. The minimum atomic E-state index is -0.874. The van der Waals surface area contributed by atoms with Gasteiger partial charge < -0.3 is 14.4 Å². The lowest BCUT2D eigenvalue weighted by atomic mass is 10.1. The molecule has 1 unspecified atom stereocenters. The predicted molar refractivity (Wildman–Crippen MR) is 66.9 cm³/mol. The molecule has 2 heterocycles. The van der Waals surface area contributed by atoms with E-state index in [0.717, 1.165) is 12.3 Å². The topological polar surface area (TPSA) is 68.7 Å². The number of rotatable bonds is 2. The van der Waals surface area contributed by atoms with Crippen LogP contribution in [-0.2, 0) is 14.3 Å². The summed E-state index contributed by atoms with van der Waals surface area (Å²) in [6.07, 6.45) is 0.913. The van der Waals surface area contributed by atoms with Crippen LogP contribution in [0.1, 0.15) is 10.4 Å². The van der Waals surface area contributed by atoms with Crippen LogP contribution in [0.5, 0.6) is 0 Å². The maximum Gasteiger partial charge on any atom is 0.331 e. The van der Waals surface area contributed by atoms with E-state index in [4.69, 9.17) is 16.3 Å². The molecule has 0 aromatic carbocycles. The fourth-order valence-electron chi connectivity index (χ4n) is 1.91. The van der Waals surface area contributed by atoms with Gasteiger partial charge in [-0.2, -0.15) is 0 Å². The first-order valence-corrected chi connectivity index (χ1v) is 6.20. The lowest BCUT2D eigenvalue weighted by Crippen LogP contribution is -2.53. The molecule has 1 atom stereocenters. The van der Waals surface area contributed by atoms with Gasteiger partial charge in [-0.05, 0) is 6.07 Å². The smallest absolute Gasteiger partial charge is 0.331 e. The summed E-state index contributed by atoms with van der Waals surface area (Å²) in [5, 5.41) is -0.119. The number of aromatic nitrogens is 1. The number of methoxy groups -OCH3 is 1. The van der Waals surface area contributed by atoms with E-state index in [0.29, 0.717) is 0 Å². The summed E-state index contributed by atoms with van der Waals surface area (Å²) in [7, 11) is 1.22. The van der Waals surface area contributed by atoms with Gasteiger partial charge in [-0.1, -0.05) is 11.6 Å². The SMILES string of the molecule is COC(=O)C1COCCN1C(=O)c1cc(F)cnc1Cl. The number of amides is 1. The highest BCUT2D eigenvalue weighted by atomic mass is 35.5. The number of esters is 1. The Morgan fingerprint density at radius 3 is 3.05 bits per heavy atom. The summed E-state index contributed by atoms with van der Waals surface area (Å²) in [5.74, 6) is -1.86. The van der Waals surface area contributed by atoms with Crippen molar-refractivity contribution >= 4 is 23.5 Å². The van der Waals surface area contributed by atoms with Crippen molar-refractivity contribution in [2.24, 2.45) is 0 Å². The van der Waals surface area contributed by atoms with Gasteiger partial charge in [-0.25, -0.2) is 14.2 Å². The van der Waals surface area contributed by atoms with Crippen LogP contribution in [0.15, 0.2) is 12.3 Å². The van der Waals surface area contributed by atoms with E-state index in [-0.39, 0.29) is 30.5 Å². The third kappa shape index (κ3) is 2.88. The Kier molecular flexibility index (Phi) is 4.51. The minimum Gasteiger partial charge on any atom is -0.467 e. The molecule has 1 amide bonds. The molecule has 0 spiro atoms. The number of hydrogen-bond donors (Lipinski definition) is 0. The Labute approximate surface area is 119 Å². The lowest BCUT2D eigenvalue weighted by molar-refractivity contribution is -0.151. The van der Waals surface area contributed by atoms with Crippen LogP contribution in [0.2, 0.25) is 5.15 Å². The van der Waals surface area contributed by atoms with Gasteiger partial charge in [-0.3, -0.25) is 4.79 Å². The summed E-state index contributed by atoms with van der Waals surface area (Å²) in [4.78, 5) is 28.8. The van der Waals surface area contributed by atoms with Gasteiger partial charge in [-0.15, -0.1) is 0 Å². The second-order valence-electron chi connectivity index (χ2n) is 4.10. The standard InChI is InChI=1S/C12H12ClFN2O4/c1-19-12(18)9-6-20-3-2-16(9)11(17)8-4-7(14)5-15-10(8)13/h4-5,9H,2-3,6H2,1H3. The third-order valence-electron chi connectivity index (χ3n) is 2.90. The van der Waals surface area contributed by atoms with E-state index < -0.39 is 23.7 Å². The molecule has 1 fully saturated rings. The number of nitrogens with zero attached hydrogens (tertiary/aromatic N) is 2. The number of halogens is 2. The van der Waals surface area contributed by atoms with Crippen molar-refractivity contribution in [2.75, 3.05) is 26.9 Å². The van der Waals surface area contributed by atoms with Crippen LogP contribution < -0.4 is 0 Å². The number of carbonyl (C=O) groups excluding carboxylic acids is 2. The van der Waals surface area contributed by atoms with Crippen LogP contribution in [0.3, 0.4) is 0 Å². The van der Waals surface area contributed by atoms with Crippen LogP contribution >= 0.6 is 11.6 Å². The van der Waals surface area contributed by atoms with Crippen molar-refractivity contribution in [1.29, 1.82) is 0 Å². The number of ether oxygens (including phenoxy) is 2. The van der Waals surface area contributed by atoms with E-state index in [2.05, 4.69) is 9.72 Å². The average molecular weight is 303 g/mol. The minimum absolute atomic E-state index is 0.0266. The molecule has 1 aromatic heterocycles. The van der Waals surface area contributed by atoms with Gasteiger partial charge in [0.25, 0.3) is 5.91 Å². The molecule has 0 aliphatic carbocycles. The van der Waals surface area contributed by atoms with E-state index >= 15 is 0 Å². The van der Waals surface area contributed by atoms with Gasteiger partial charge in [0, 0.05) is 6.54 Å². The second kappa shape index (κ2) is 6.15. The summed E-state index contributed by atoms with van der Waals surface area (Å²) in [6, 6.07) is 0.113. The largest absolute Gasteiger partial charge is 0.467 e. The van der Waals surface area contributed by atoms with Crippen LogP contribution in [0, 0.1) is 5.82 Å². The molecule has 1 saturated heterocycles. The zero-order chi connectivity index (χ0) is 14.7. The molecule has 0 radical (unpaired) electrons. The fourth-order valence-corrected chi connectivity index (χ4v) is 2.09. The summed E-state index contributed by atoms with van der Waals surface area (Å²) < 4.78 is 23.0. The highest BCUT2D eigenvalue weighted by Gasteiger charge is 2.35. The molecule has 0 saturated carbocycles. The maximum atomic E-state index is 13.2. The average Bonchev–Trinajstić information content (AvgIpc) is 2.48. The molecule has 108 valence electrons. The first kappa shape index (κ1) is 14.7. The summed E-state index contributed by atoms with van der Waals surface area (Å²) in [6.45, 7) is 0.490. The zero-order valence-corrected chi connectivity index (χ0v) is 11.4. The first-order chi connectivity index (χ1) is 9.54. The molecule has 8 heteroatoms. The Morgan fingerprint density at radius 2 is 2.35 bits per heavy atom. The summed E-state index contributed by atoms with van der Waals surface area (Å²) in [5.41, 5.74) is -0.0949. The van der Waals surface area contributed by atoms with E-state index in [1.807, 2.05) is 0 Å². The number of hydrogen-bond acceptors (Lipinski definition) is 5. The van der Waals surface area contributed by atoms with Crippen LogP contribution in [0.4, 0.5) is 4.39 Å². The van der Waals surface area contributed by atoms with Crippen molar-refractivity contribution in [2.45, 2.75) is 6.04 Å². The van der Waals surface area contributed by atoms with E-state index in [1.54, 1.807) is 0 Å². The van der Waals surface area contributed by atoms with Gasteiger partial charge in [0.05, 0.1) is 32.1 Å². The van der Waals surface area contributed by atoms with Crippen molar-refractivity contribution in [3.05, 3.63) is 28.8 Å². The fraction of sp³-hybridized carbons (Fsp3) is 0.417. The molecule has 0 bridgehead atoms. The molecule has 0 N–H and O–H groups in total. The van der Waals surface area contributed by atoms with Crippen LogP contribution in [-0.4, -0.2) is 54.7 Å². The molecule has 1 aliphatic rings. The number of carbonyl (C=O) groups is 2. The van der Waals surface area contributed by atoms with Crippen molar-refractivity contribution < 1.29 is 23.5 Å². The van der Waals surface area contributed by atoms with E-state index in [9.17, 15) is 14.0 Å². The molecular formula is C12H12ClFN2O4. The Balaban J connectivity index is 2.30. The Hall–Kier alpha value is -1.73. The highest BCUT2D eigenvalue weighted by molar-refractivity contribution is 6.32. The van der Waals surface area contributed by atoms with Gasteiger partial charge in [0.2, 0.25) is 0 Å².